The van der Waals surface area contributed by atoms with Gasteiger partial charge in [0.15, 0.2) is 5.69 Å². The molecule has 0 saturated carbocycles. The van der Waals surface area contributed by atoms with Crippen molar-refractivity contribution < 1.29 is 22.7 Å². The lowest BCUT2D eigenvalue weighted by molar-refractivity contribution is -0.187. The normalized spacial score (nSPS) is 16.9. The highest BCUT2D eigenvalue weighted by atomic mass is 19.4. The predicted octanol–water partition coefficient (Wildman–Crippen LogP) is 1.81. The number of nitrogens with two attached hydrogens (primary N) is 1. The number of carbonyl (C=O) groups excluding carboxylic acids is 1. The second-order valence-corrected chi connectivity index (χ2v) is 8.57. The Balaban J connectivity index is 1.91. The SMILES string of the molecule is COCCCN(C(=O)CN1CCCC(C(F)(F)F)C1)c1c(N)n(Cc2ccccc2)c(=O)[nH]c1=O. The molecule has 1 unspecified atom stereocenters. The molecule has 0 spiro atoms. The zero-order chi connectivity index (χ0) is 25.6. The number of carbonyl (C=O) groups is 1. The Hall–Kier alpha value is -3.12. The van der Waals surface area contributed by atoms with Gasteiger partial charge in [-0.25, -0.2) is 4.79 Å². The van der Waals surface area contributed by atoms with Gasteiger partial charge in [0.1, 0.15) is 5.82 Å². The third kappa shape index (κ3) is 6.73. The number of H-pyrrole nitrogens is 1. The number of nitrogens with one attached hydrogen (secondary N) is 1. The first kappa shape index (κ1) is 26.5. The van der Waals surface area contributed by atoms with Crippen molar-refractivity contribution in [1.29, 1.82) is 0 Å². The molecule has 0 bridgehead atoms. The number of aromatic nitrogens is 2. The highest BCUT2D eigenvalue weighted by molar-refractivity contribution is 5.96. The van der Waals surface area contributed by atoms with Crippen LogP contribution in [-0.4, -0.2) is 66.4 Å². The Bertz CT molecular complexity index is 1120. The molecular formula is C23H30F3N5O4. The molecule has 0 radical (unpaired) electrons. The van der Waals surface area contributed by atoms with E-state index in [-0.39, 0.29) is 50.7 Å². The average Bonchev–Trinajstić information content (AvgIpc) is 2.81. The molecule has 1 aromatic heterocycles. The average molecular weight is 498 g/mol. The summed E-state index contributed by atoms with van der Waals surface area (Å²) in [6.45, 7) is 0.125. The van der Waals surface area contributed by atoms with Crippen LogP contribution in [0.4, 0.5) is 24.7 Å². The number of benzene rings is 1. The van der Waals surface area contributed by atoms with Gasteiger partial charge in [0.05, 0.1) is 19.0 Å². The maximum atomic E-state index is 13.3. The minimum Gasteiger partial charge on any atom is -0.385 e. The van der Waals surface area contributed by atoms with Crippen molar-refractivity contribution in [2.24, 2.45) is 5.92 Å². The number of hydrogen-bond donors (Lipinski definition) is 2. The number of alkyl halides is 3. The fourth-order valence-corrected chi connectivity index (χ4v) is 4.23. The third-order valence-electron chi connectivity index (χ3n) is 6.03. The Kier molecular flexibility index (Phi) is 8.73. The zero-order valence-corrected chi connectivity index (χ0v) is 19.5. The van der Waals surface area contributed by atoms with Crippen LogP contribution < -0.4 is 21.9 Å². The van der Waals surface area contributed by atoms with Gasteiger partial charge in [-0.1, -0.05) is 30.3 Å². The molecule has 35 heavy (non-hydrogen) atoms. The molecule has 0 aliphatic carbocycles. The zero-order valence-electron chi connectivity index (χ0n) is 19.5. The van der Waals surface area contributed by atoms with Gasteiger partial charge in [-0.05, 0) is 31.4 Å². The first-order valence-electron chi connectivity index (χ1n) is 11.4. The maximum Gasteiger partial charge on any atom is 0.393 e. The van der Waals surface area contributed by atoms with E-state index >= 15 is 0 Å². The Morgan fingerprint density at radius 3 is 2.63 bits per heavy atom. The van der Waals surface area contributed by atoms with E-state index in [0.29, 0.717) is 19.4 Å². The van der Waals surface area contributed by atoms with Crippen molar-refractivity contribution >= 4 is 17.4 Å². The fourth-order valence-electron chi connectivity index (χ4n) is 4.23. The van der Waals surface area contributed by atoms with Gasteiger partial charge in [0.25, 0.3) is 5.56 Å². The van der Waals surface area contributed by atoms with Crippen LogP contribution in [0, 0.1) is 5.92 Å². The summed E-state index contributed by atoms with van der Waals surface area (Å²) in [6.07, 6.45) is -3.66. The van der Waals surface area contributed by atoms with E-state index in [1.807, 2.05) is 6.07 Å². The molecule has 9 nitrogen and oxygen atoms in total. The largest absolute Gasteiger partial charge is 0.393 e. The number of hydrogen-bond acceptors (Lipinski definition) is 6. The van der Waals surface area contributed by atoms with Crippen molar-refractivity contribution in [3.63, 3.8) is 0 Å². The van der Waals surface area contributed by atoms with E-state index in [1.165, 1.54) is 12.0 Å². The van der Waals surface area contributed by atoms with Crippen molar-refractivity contribution in [1.82, 2.24) is 14.5 Å². The van der Waals surface area contributed by atoms with Crippen LogP contribution in [0.1, 0.15) is 24.8 Å². The van der Waals surface area contributed by atoms with Gasteiger partial charge >= 0.3 is 11.9 Å². The lowest BCUT2D eigenvalue weighted by atomic mass is 9.97. The van der Waals surface area contributed by atoms with Crippen molar-refractivity contribution in [3.8, 4) is 0 Å². The number of rotatable bonds is 9. The number of likely N-dealkylation sites (tertiary alicyclic amines) is 1. The summed E-state index contributed by atoms with van der Waals surface area (Å²) in [5, 5.41) is 0. The molecule has 12 heteroatoms. The lowest BCUT2D eigenvalue weighted by Crippen LogP contribution is -2.49. The van der Waals surface area contributed by atoms with Crippen LogP contribution in [0.15, 0.2) is 39.9 Å². The van der Waals surface area contributed by atoms with Crippen LogP contribution in [-0.2, 0) is 16.1 Å². The first-order chi connectivity index (χ1) is 16.6. The summed E-state index contributed by atoms with van der Waals surface area (Å²) in [5.41, 5.74) is 5.23. The second-order valence-electron chi connectivity index (χ2n) is 8.57. The van der Waals surface area contributed by atoms with Gasteiger partial charge in [-0.2, -0.15) is 13.2 Å². The summed E-state index contributed by atoms with van der Waals surface area (Å²) in [7, 11) is 1.48. The van der Waals surface area contributed by atoms with Crippen LogP contribution in [0.25, 0.3) is 0 Å². The topological polar surface area (TPSA) is 114 Å². The van der Waals surface area contributed by atoms with Gasteiger partial charge in [0, 0.05) is 26.8 Å². The number of anilines is 2. The van der Waals surface area contributed by atoms with Crippen LogP contribution in [0.5, 0.6) is 0 Å². The lowest BCUT2D eigenvalue weighted by Gasteiger charge is -2.34. The maximum absolute atomic E-state index is 13.3. The molecule has 1 aliphatic heterocycles. The van der Waals surface area contributed by atoms with Crippen molar-refractivity contribution in [3.05, 3.63) is 56.7 Å². The number of methoxy groups -OCH3 is 1. The predicted molar refractivity (Wildman–Crippen MR) is 125 cm³/mol. The van der Waals surface area contributed by atoms with E-state index in [2.05, 4.69) is 4.98 Å². The van der Waals surface area contributed by atoms with Crippen molar-refractivity contribution in [2.45, 2.75) is 32.0 Å². The molecule has 1 fully saturated rings. The van der Waals surface area contributed by atoms with Crippen LogP contribution in [0.2, 0.25) is 0 Å². The molecule has 3 rings (SSSR count). The molecule has 2 heterocycles. The third-order valence-corrected chi connectivity index (χ3v) is 6.03. The Morgan fingerprint density at radius 2 is 1.97 bits per heavy atom. The molecule has 1 atom stereocenters. The number of nitrogens with zero attached hydrogens (tertiary/aromatic N) is 3. The molecule has 3 N–H and O–H groups in total. The molecule has 1 saturated heterocycles. The van der Waals surface area contributed by atoms with Gasteiger partial charge in [-0.3, -0.25) is 24.0 Å². The van der Waals surface area contributed by atoms with E-state index in [4.69, 9.17) is 10.5 Å². The standard InChI is InChI=1S/C23H30F3N5O4/c1-35-12-6-11-30(18(32)15-29-10-5-9-17(14-29)23(24,25)26)19-20(27)31(22(34)28-21(19)33)13-16-7-3-2-4-8-16/h2-4,7-8,17H,5-6,9-15,27H2,1H3,(H,28,33,34). The van der Waals surface area contributed by atoms with E-state index < -0.39 is 29.3 Å². The fraction of sp³-hybridized carbons (Fsp3) is 0.522. The summed E-state index contributed by atoms with van der Waals surface area (Å²) in [6, 6.07) is 8.96. The highest BCUT2D eigenvalue weighted by Gasteiger charge is 2.42. The summed E-state index contributed by atoms with van der Waals surface area (Å²) >= 11 is 0. The molecule has 1 aliphatic rings. The van der Waals surface area contributed by atoms with E-state index in [9.17, 15) is 27.6 Å². The minimum absolute atomic E-state index is 0.0167. The van der Waals surface area contributed by atoms with E-state index in [1.54, 1.807) is 24.3 Å². The monoisotopic (exact) mass is 497 g/mol. The number of amides is 1. The van der Waals surface area contributed by atoms with Crippen molar-refractivity contribution in [2.75, 3.05) is 50.5 Å². The quantitative estimate of drug-likeness (QED) is 0.511. The summed E-state index contributed by atoms with van der Waals surface area (Å²) in [4.78, 5) is 43.4. The van der Waals surface area contributed by atoms with Gasteiger partial charge in [-0.15, -0.1) is 0 Å². The van der Waals surface area contributed by atoms with Gasteiger partial charge < -0.3 is 15.4 Å². The Morgan fingerprint density at radius 1 is 1.26 bits per heavy atom. The van der Waals surface area contributed by atoms with Crippen LogP contribution >= 0.6 is 0 Å². The summed E-state index contributed by atoms with van der Waals surface area (Å²) in [5.74, 6) is -2.28. The number of piperidine rings is 1. The number of aromatic amines is 1. The van der Waals surface area contributed by atoms with Gasteiger partial charge in [0.2, 0.25) is 5.91 Å². The first-order valence-corrected chi connectivity index (χ1v) is 11.4. The smallest absolute Gasteiger partial charge is 0.385 e. The molecule has 2 aromatic rings. The van der Waals surface area contributed by atoms with Crippen LogP contribution in [0.3, 0.4) is 0 Å². The number of nitrogen functional groups attached to an aromatic ring is 1. The molecule has 1 aromatic carbocycles. The number of halogens is 3. The molecule has 1 amide bonds. The summed E-state index contributed by atoms with van der Waals surface area (Å²) < 4.78 is 45.9. The Labute approximate surface area is 200 Å². The minimum atomic E-state index is -4.34. The van der Waals surface area contributed by atoms with E-state index in [0.717, 1.165) is 15.0 Å². The molecule has 192 valence electrons. The highest BCUT2D eigenvalue weighted by Crippen LogP contribution is 2.33. The second kappa shape index (κ2) is 11.5. The number of ether oxygens (including phenoxy) is 1. The molecular weight excluding hydrogens is 467 g/mol.